The zero-order valence-corrected chi connectivity index (χ0v) is 22.4. The molecule has 0 N–H and O–H groups in total. The van der Waals surface area contributed by atoms with Gasteiger partial charge in [0.2, 0.25) is 0 Å². The summed E-state index contributed by atoms with van der Waals surface area (Å²) in [4.78, 5) is 12.5. The lowest BCUT2D eigenvalue weighted by Crippen LogP contribution is -2.15. The van der Waals surface area contributed by atoms with E-state index in [1.807, 2.05) is 26.8 Å². The Kier molecular flexibility index (Phi) is 10.2. The van der Waals surface area contributed by atoms with Gasteiger partial charge in [0.05, 0.1) is 24.9 Å². The van der Waals surface area contributed by atoms with Crippen LogP contribution in [-0.2, 0) is 20.4 Å². The summed E-state index contributed by atoms with van der Waals surface area (Å²) in [6.45, 7) is 8.75. The molecule has 1 unspecified atom stereocenters. The van der Waals surface area contributed by atoms with Gasteiger partial charge in [0.25, 0.3) is 0 Å². The predicted molar refractivity (Wildman–Crippen MR) is 139 cm³/mol. The van der Waals surface area contributed by atoms with Gasteiger partial charge in [-0.3, -0.25) is 0 Å². The van der Waals surface area contributed by atoms with Crippen molar-refractivity contribution >= 4 is 27.4 Å². The Bertz CT molecular complexity index is 1190. The van der Waals surface area contributed by atoms with Crippen molar-refractivity contribution in [1.29, 1.82) is 0 Å². The number of hydrogen-bond donors (Lipinski definition) is 0. The number of esters is 1. The van der Waals surface area contributed by atoms with E-state index >= 15 is 0 Å². The quantitative estimate of drug-likeness (QED) is 0.164. The first kappa shape index (κ1) is 28.8. The molecule has 9 heteroatoms. The lowest BCUT2D eigenvalue weighted by Gasteiger charge is -2.18. The van der Waals surface area contributed by atoms with Gasteiger partial charge in [-0.15, -0.1) is 11.3 Å². The van der Waals surface area contributed by atoms with Crippen molar-refractivity contribution in [2.45, 2.75) is 59.2 Å². The Morgan fingerprint density at radius 3 is 2.49 bits per heavy atom. The van der Waals surface area contributed by atoms with Gasteiger partial charge in [0, 0.05) is 16.2 Å². The molecule has 0 radical (unpaired) electrons. The zero-order valence-electron chi connectivity index (χ0n) is 21.6. The third kappa shape index (κ3) is 7.85. The summed E-state index contributed by atoms with van der Waals surface area (Å²) in [6, 6.07) is 9.30. The molecule has 2 aromatic carbocycles. The highest BCUT2D eigenvalue weighted by atomic mass is 32.1. The average Bonchev–Trinajstić information content (AvgIpc) is 3.18. The maximum atomic E-state index is 13.2. The van der Waals surface area contributed by atoms with Crippen LogP contribution in [0, 0.1) is 13.8 Å². The van der Waals surface area contributed by atoms with Gasteiger partial charge in [-0.05, 0) is 86.9 Å². The Balaban J connectivity index is 1.62. The zero-order chi connectivity index (χ0) is 27.0. The first-order valence-electron chi connectivity index (χ1n) is 12.4. The van der Waals surface area contributed by atoms with Gasteiger partial charge in [-0.2, -0.15) is 13.2 Å². The van der Waals surface area contributed by atoms with Crippen LogP contribution in [0.1, 0.15) is 60.8 Å². The minimum Gasteiger partial charge on any atom is -0.494 e. The molecule has 0 aliphatic heterocycles. The molecule has 1 atom stereocenters. The van der Waals surface area contributed by atoms with Crippen molar-refractivity contribution in [3.8, 4) is 11.5 Å². The topological polar surface area (TPSA) is 54.0 Å². The molecule has 1 aromatic heterocycles. The number of benzene rings is 2. The molecule has 3 rings (SSSR count). The molecule has 202 valence electrons. The predicted octanol–water partition coefficient (Wildman–Crippen LogP) is 7.81. The molecule has 0 saturated heterocycles. The number of halogens is 3. The van der Waals surface area contributed by atoms with Crippen LogP contribution in [0.25, 0.3) is 10.1 Å². The molecule has 0 amide bonds. The lowest BCUT2D eigenvalue weighted by molar-refractivity contribution is -0.145. The van der Waals surface area contributed by atoms with E-state index in [4.69, 9.17) is 18.9 Å². The van der Waals surface area contributed by atoms with E-state index in [0.717, 1.165) is 33.9 Å². The number of carbonyl (C=O) groups excluding carboxylic acids is 1. The highest BCUT2D eigenvalue weighted by Gasteiger charge is 2.31. The Labute approximate surface area is 219 Å². The average molecular weight is 539 g/mol. The number of ether oxygens (including phenoxy) is 4. The number of thiophene rings is 1. The fraction of sp³-hybridized carbons (Fsp3) is 0.464. The van der Waals surface area contributed by atoms with E-state index in [0.29, 0.717) is 48.9 Å². The second-order valence-corrected chi connectivity index (χ2v) is 9.75. The van der Waals surface area contributed by atoms with Crippen LogP contribution in [0.2, 0.25) is 0 Å². The van der Waals surface area contributed by atoms with E-state index in [-0.39, 0.29) is 12.7 Å². The normalized spacial score (nSPS) is 12.5. The Hall–Kier alpha value is -2.78. The third-order valence-corrected chi connectivity index (χ3v) is 7.14. The molecule has 5 nitrogen and oxygen atoms in total. The van der Waals surface area contributed by atoms with Crippen molar-refractivity contribution in [3.05, 3.63) is 58.0 Å². The highest BCUT2D eigenvalue weighted by Crippen LogP contribution is 2.41. The monoisotopic (exact) mass is 538 g/mol. The summed E-state index contributed by atoms with van der Waals surface area (Å²) in [5.41, 5.74) is 1.16. The standard InChI is InChI=1S/C28H33F3O5S/c1-5-13-35-24(27-19(4)22-11-9-20(28(29,30)31)16-25(22)37-27)8-7-14-34-21-10-12-23(18(3)15-21)36-17-26(32)33-6-2/h9-12,15-16,24H,5-8,13-14,17H2,1-4H3. The molecule has 0 aliphatic rings. The molecule has 0 aliphatic carbocycles. The second-order valence-electron chi connectivity index (χ2n) is 8.67. The summed E-state index contributed by atoms with van der Waals surface area (Å²) >= 11 is 1.37. The van der Waals surface area contributed by atoms with Gasteiger partial charge < -0.3 is 18.9 Å². The number of hydrogen-bond acceptors (Lipinski definition) is 6. The molecule has 37 heavy (non-hydrogen) atoms. The van der Waals surface area contributed by atoms with Gasteiger partial charge in [-0.25, -0.2) is 4.79 Å². The van der Waals surface area contributed by atoms with Crippen molar-refractivity contribution < 1.29 is 36.9 Å². The molecule has 0 spiro atoms. The van der Waals surface area contributed by atoms with Crippen LogP contribution in [0.15, 0.2) is 36.4 Å². The molecule has 0 saturated carbocycles. The number of rotatable bonds is 13. The van der Waals surface area contributed by atoms with E-state index in [9.17, 15) is 18.0 Å². The molecule has 0 fully saturated rings. The lowest BCUT2D eigenvalue weighted by atomic mass is 10.1. The van der Waals surface area contributed by atoms with Crippen molar-refractivity contribution in [2.75, 3.05) is 26.4 Å². The van der Waals surface area contributed by atoms with Gasteiger partial charge in [-0.1, -0.05) is 13.0 Å². The molecule has 3 aromatic rings. The summed E-state index contributed by atoms with van der Waals surface area (Å²) in [7, 11) is 0. The fourth-order valence-corrected chi connectivity index (χ4v) is 5.28. The van der Waals surface area contributed by atoms with Crippen LogP contribution in [0.4, 0.5) is 13.2 Å². The van der Waals surface area contributed by atoms with Gasteiger partial charge in [0.1, 0.15) is 11.5 Å². The number of aryl methyl sites for hydroxylation is 2. The van der Waals surface area contributed by atoms with Crippen LogP contribution in [0.5, 0.6) is 11.5 Å². The maximum absolute atomic E-state index is 13.2. The minimum atomic E-state index is -4.37. The molecular weight excluding hydrogens is 505 g/mol. The van der Waals surface area contributed by atoms with Crippen molar-refractivity contribution in [2.24, 2.45) is 0 Å². The minimum absolute atomic E-state index is 0.150. The Morgan fingerprint density at radius 1 is 1.03 bits per heavy atom. The summed E-state index contributed by atoms with van der Waals surface area (Å²) in [5, 5.41) is 0.829. The molecule has 1 heterocycles. The first-order valence-corrected chi connectivity index (χ1v) is 13.2. The molecule has 0 bridgehead atoms. The summed E-state index contributed by atoms with van der Waals surface area (Å²) in [5.74, 6) is 0.851. The molecular formula is C28H33F3O5S. The summed E-state index contributed by atoms with van der Waals surface area (Å²) in [6.07, 6.45) is -2.35. The number of alkyl halides is 3. The van der Waals surface area contributed by atoms with Crippen LogP contribution in [0.3, 0.4) is 0 Å². The number of carbonyl (C=O) groups is 1. The Morgan fingerprint density at radius 2 is 1.81 bits per heavy atom. The van der Waals surface area contributed by atoms with E-state index in [1.54, 1.807) is 25.1 Å². The largest absolute Gasteiger partial charge is 0.494 e. The van der Waals surface area contributed by atoms with Gasteiger partial charge in [0.15, 0.2) is 6.61 Å². The number of fused-ring (bicyclic) bond motifs is 1. The second kappa shape index (κ2) is 13.1. The smallest absolute Gasteiger partial charge is 0.416 e. The summed E-state index contributed by atoms with van der Waals surface area (Å²) < 4.78 is 62.6. The third-order valence-electron chi connectivity index (χ3n) is 5.79. The first-order chi connectivity index (χ1) is 17.6. The SMILES string of the molecule is CCCOC(CCCOc1ccc(OCC(=O)OCC)c(C)c1)c1sc2cc(C(F)(F)F)ccc2c1C. The van der Waals surface area contributed by atoms with Crippen LogP contribution in [-0.4, -0.2) is 32.4 Å². The fourth-order valence-electron chi connectivity index (χ4n) is 3.95. The van der Waals surface area contributed by atoms with Gasteiger partial charge >= 0.3 is 12.1 Å². The van der Waals surface area contributed by atoms with Crippen LogP contribution < -0.4 is 9.47 Å². The van der Waals surface area contributed by atoms with Crippen molar-refractivity contribution in [1.82, 2.24) is 0 Å². The van der Waals surface area contributed by atoms with E-state index in [2.05, 4.69) is 0 Å². The maximum Gasteiger partial charge on any atom is 0.416 e. The highest BCUT2D eigenvalue weighted by molar-refractivity contribution is 7.19. The van der Waals surface area contributed by atoms with Crippen molar-refractivity contribution in [3.63, 3.8) is 0 Å². The van der Waals surface area contributed by atoms with Crippen LogP contribution >= 0.6 is 11.3 Å². The van der Waals surface area contributed by atoms with E-state index in [1.165, 1.54) is 17.4 Å². The van der Waals surface area contributed by atoms with E-state index < -0.39 is 17.7 Å².